The van der Waals surface area contributed by atoms with E-state index in [1.54, 1.807) is 6.07 Å². The number of halogens is 2. The Kier molecular flexibility index (Phi) is 2.87. The Bertz CT molecular complexity index is 477. The molecule has 2 rings (SSSR count). The van der Waals surface area contributed by atoms with E-state index in [9.17, 15) is 4.39 Å². The SMILES string of the molecule is Cc1cc(F)c(Br)cc1-c1ccccc1. The largest absolute Gasteiger partial charge is 0.206 e. The Balaban J connectivity index is 2.59. The summed E-state index contributed by atoms with van der Waals surface area (Å²) in [7, 11) is 0. The molecular formula is C13H10BrF. The highest BCUT2D eigenvalue weighted by Crippen LogP contribution is 2.28. The Morgan fingerprint density at radius 1 is 1.07 bits per heavy atom. The van der Waals surface area contributed by atoms with Gasteiger partial charge in [0.25, 0.3) is 0 Å². The summed E-state index contributed by atoms with van der Waals surface area (Å²) in [4.78, 5) is 0. The van der Waals surface area contributed by atoms with E-state index in [0.29, 0.717) is 4.47 Å². The topological polar surface area (TPSA) is 0 Å². The smallest absolute Gasteiger partial charge is 0.137 e. The standard InChI is InChI=1S/C13H10BrF/c1-9-7-13(15)12(14)8-11(9)10-5-3-2-4-6-10/h2-8H,1H3. The Labute approximate surface area is 96.9 Å². The maximum Gasteiger partial charge on any atom is 0.137 e. The predicted molar refractivity (Wildman–Crippen MR) is 64.3 cm³/mol. The van der Waals surface area contributed by atoms with Gasteiger partial charge in [-0.05, 0) is 51.7 Å². The average molecular weight is 265 g/mol. The lowest BCUT2D eigenvalue weighted by Gasteiger charge is -2.07. The molecule has 0 amide bonds. The van der Waals surface area contributed by atoms with Crippen LogP contribution in [0.15, 0.2) is 46.9 Å². The van der Waals surface area contributed by atoms with Crippen molar-refractivity contribution in [1.82, 2.24) is 0 Å². The van der Waals surface area contributed by atoms with Crippen molar-refractivity contribution in [3.05, 3.63) is 58.3 Å². The molecule has 0 aliphatic heterocycles. The fraction of sp³-hybridized carbons (Fsp3) is 0.0769. The number of aryl methyl sites for hydroxylation is 1. The third-order valence-corrected chi connectivity index (χ3v) is 2.96. The molecule has 0 radical (unpaired) electrons. The maximum absolute atomic E-state index is 13.2. The van der Waals surface area contributed by atoms with Crippen LogP contribution in [0.25, 0.3) is 11.1 Å². The Morgan fingerprint density at radius 3 is 2.40 bits per heavy atom. The van der Waals surface area contributed by atoms with E-state index in [1.165, 1.54) is 0 Å². The van der Waals surface area contributed by atoms with Crippen molar-refractivity contribution in [3.63, 3.8) is 0 Å². The zero-order valence-electron chi connectivity index (χ0n) is 8.30. The molecule has 0 bridgehead atoms. The van der Waals surface area contributed by atoms with E-state index in [2.05, 4.69) is 15.9 Å². The van der Waals surface area contributed by atoms with Gasteiger partial charge < -0.3 is 0 Å². The quantitative estimate of drug-likeness (QED) is 0.708. The number of hydrogen-bond donors (Lipinski definition) is 0. The molecule has 0 fully saturated rings. The normalized spacial score (nSPS) is 10.3. The third-order valence-electron chi connectivity index (χ3n) is 2.35. The van der Waals surface area contributed by atoms with Crippen molar-refractivity contribution in [1.29, 1.82) is 0 Å². The molecule has 0 nitrogen and oxygen atoms in total. The molecule has 0 aliphatic rings. The highest BCUT2D eigenvalue weighted by Gasteiger charge is 2.06. The van der Waals surface area contributed by atoms with Crippen LogP contribution < -0.4 is 0 Å². The average Bonchev–Trinajstić information content (AvgIpc) is 2.25. The first-order valence-corrected chi connectivity index (χ1v) is 5.49. The van der Waals surface area contributed by atoms with Gasteiger partial charge >= 0.3 is 0 Å². The van der Waals surface area contributed by atoms with Crippen molar-refractivity contribution in [3.8, 4) is 11.1 Å². The van der Waals surface area contributed by atoms with Gasteiger partial charge in [-0.2, -0.15) is 0 Å². The van der Waals surface area contributed by atoms with Gasteiger partial charge in [-0.3, -0.25) is 0 Å². The van der Waals surface area contributed by atoms with E-state index < -0.39 is 0 Å². The molecule has 0 heterocycles. The monoisotopic (exact) mass is 264 g/mol. The summed E-state index contributed by atoms with van der Waals surface area (Å²) in [6.45, 7) is 1.91. The van der Waals surface area contributed by atoms with Gasteiger partial charge in [0.05, 0.1) is 4.47 Å². The van der Waals surface area contributed by atoms with Crippen molar-refractivity contribution in [2.24, 2.45) is 0 Å². The fourth-order valence-corrected chi connectivity index (χ4v) is 1.92. The van der Waals surface area contributed by atoms with E-state index in [-0.39, 0.29) is 5.82 Å². The zero-order valence-corrected chi connectivity index (χ0v) is 9.88. The van der Waals surface area contributed by atoms with Crippen LogP contribution in [0.2, 0.25) is 0 Å². The minimum absolute atomic E-state index is 0.216. The lowest BCUT2D eigenvalue weighted by atomic mass is 10.0. The van der Waals surface area contributed by atoms with Gasteiger partial charge in [0.2, 0.25) is 0 Å². The van der Waals surface area contributed by atoms with E-state index >= 15 is 0 Å². The Hall–Kier alpha value is -1.15. The van der Waals surface area contributed by atoms with Gasteiger partial charge in [-0.25, -0.2) is 4.39 Å². The van der Waals surface area contributed by atoms with Gasteiger partial charge in [0.15, 0.2) is 0 Å². The molecule has 2 aromatic rings. The molecule has 2 heteroatoms. The first kappa shape index (κ1) is 10.4. The molecule has 15 heavy (non-hydrogen) atoms. The van der Waals surface area contributed by atoms with Crippen LogP contribution in [-0.4, -0.2) is 0 Å². The molecule has 0 atom stereocenters. The molecule has 0 N–H and O–H groups in total. The van der Waals surface area contributed by atoms with Gasteiger partial charge in [-0.1, -0.05) is 30.3 Å². The first-order chi connectivity index (χ1) is 7.18. The second-order valence-electron chi connectivity index (χ2n) is 3.45. The van der Waals surface area contributed by atoms with E-state index in [0.717, 1.165) is 16.7 Å². The van der Waals surface area contributed by atoms with Crippen LogP contribution in [0.4, 0.5) is 4.39 Å². The molecule has 0 aromatic heterocycles. The number of hydrogen-bond acceptors (Lipinski definition) is 0. The van der Waals surface area contributed by atoms with Crippen LogP contribution in [0.3, 0.4) is 0 Å². The summed E-state index contributed by atoms with van der Waals surface area (Å²) in [6.07, 6.45) is 0. The first-order valence-electron chi connectivity index (χ1n) is 4.69. The van der Waals surface area contributed by atoms with Crippen LogP contribution >= 0.6 is 15.9 Å². The van der Waals surface area contributed by atoms with Crippen molar-refractivity contribution >= 4 is 15.9 Å². The maximum atomic E-state index is 13.2. The summed E-state index contributed by atoms with van der Waals surface area (Å²) >= 11 is 3.20. The summed E-state index contributed by atoms with van der Waals surface area (Å²) in [5.74, 6) is -0.216. The lowest BCUT2D eigenvalue weighted by Crippen LogP contribution is -1.86. The molecule has 76 valence electrons. The van der Waals surface area contributed by atoms with E-state index in [1.807, 2.05) is 43.3 Å². The highest BCUT2D eigenvalue weighted by atomic mass is 79.9. The molecule has 0 spiro atoms. The van der Waals surface area contributed by atoms with Gasteiger partial charge in [0, 0.05) is 0 Å². The minimum atomic E-state index is -0.216. The minimum Gasteiger partial charge on any atom is -0.206 e. The van der Waals surface area contributed by atoms with Crippen LogP contribution in [0.5, 0.6) is 0 Å². The zero-order chi connectivity index (χ0) is 10.8. The second-order valence-corrected chi connectivity index (χ2v) is 4.30. The summed E-state index contributed by atoms with van der Waals surface area (Å²) < 4.78 is 13.7. The second kappa shape index (κ2) is 4.15. The molecule has 0 unspecified atom stereocenters. The van der Waals surface area contributed by atoms with Gasteiger partial charge in [-0.15, -0.1) is 0 Å². The molecule has 2 aromatic carbocycles. The highest BCUT2D eigenvalue weighted by molar-refractivity contribution is 9.10. The van der Waals surface area contributed by atoms with Crippen molar-refractivity contribution < 1.29 is 4.39 Å². The van der Waals surface area contributed by atoms with Crippen LogP contribution in [0.1, 0.15) is 5.56 Å². The van der Waals surface area contributed by atoms with Crippen LogP contribution in [0, 0.1) is 12.7 Å². The molecule has 0 aliphatic carbocycles. The van der Waals surface area contributed by atoms with Crippen molar-refractivity contribution in [2.45, 2.75) is 6.92 Å². The number of rotatable bonds is 1. The summed E-state index contributed by atoms with van der Waals surface area (Å²) in [5, 5.41) is 0. The fourth-order valence-electron chi connectivity index (χ4n) is 1.57. The Morgan fingerprint density at radius 2 is 1.73 bits per heavy atom. The van der Waals surface area contributed by atoms with Crippen LogP contribution in [-0.2, 0) is 0 Å². The van der Waals surface area contributed by atoms with Gasteiger partial charge in [0.1, 0.15) is 5.82 Å². The predicted octanol–water partition coefficient (Wildman–Crippen LogP) is 4.56. The number of benzene rings is 2. The summed E-state index contributed by atoms with van der Waals surface area (Å²) in [6, 6.07) is 13.3. The third kappa shape index (κ3) is 2.10. The molecule has 0 saturated carbocycles. The van der Waals surface area contributed by atoms with Crippen molar-refractivity contribution in [2.75, 3.05) is 0 Å². The lowest BCUT2D eigenvalue weighted by molar-refractivity contribution is 0.620. The molecular weight excluding hydrogens is 255 g/mol. The summed E-state index contributed by atoms with van der Waals surface area (Å²) in [5.41, 5.74) is 3.11. The molecule has 0 saturated heterocycles. The van der Waals surface area contributed by atoms with E-state index in [4.69, 9.17) is 0 Å².